The first-order valence-electron chi connectivity index (χ1n) is 10.8. The van der Waals surface area contributed by atoms with Crippen molar-refractivity contribution in [2.24, 2.45) is 5.92 Å². The summed E-state index contributed by atoms with van der Waals surface area (Å²) in [7, 11) is 0. The molecule has 0 aromatic heterocycles. The van der Waals surface area contributed by atoms with Crippen molar-refractivity contribution in [3.63, 3.8) is 0 Å². The maximum atomic E-state index is 13.0. The molecule has 4 rings (SSSR count). The van der Waals surface area contributed by atoms with Gasteiger partial charge in [0.1, 0.15) is 6.61 Å². The predicted octanol–water partition coefficient (Wildman–Crippen LogP) is 5.76. The fraction of sp³-hybridized carbons (Fsp3) is 0.480. The summed E-state index contributed by atoms with van der Waals surface area (Å²) in [6.45, 7) is 1.17. The minimum atomic E-state index is -0.147. The summed E-state index contributed by atoms with van der Waals surface area (Å²) >= 11 is 0. The maximum Gasteiger partial charge on any atom is 0.410 e. The summed E-state index contributed by atoms with van der Waals surface area (Å²) < 4.78 is 5.73. The van der Waals surface area contributed by atoms with Crippen LogP contribution in [-0.2, 0) is 24.2 Å². The molecule has 2 aromatic rings. The van der Waals surface area contributed by atoms with Gasteiger partial charge in [-0.05, 0) is 48.3 Å². The molecule has 1 saturated carbocycles. The van der Waals surface area contributed by atoms with Crippen molar-refractivity contribution in [3.8, 4) is 0 Å². The fourth-order valence-electron chi connectivity index (χ4n) is 4.79. The van der Waals surface area contributed by atoms with Gasteiger partial charge in [0.25, 0.3) is 0 Å². The van der Waals surface area contributed by atoms with Gasteiger partial charge in [-0.2, -0.15) is 0 Å². The Morgan fingerprint density at radius 1 is 0.929 bits per heavy atom. The largest absolute Gasteiger partial charge is 0.445 e. The molecule has 0 bridgehead atoms. The smallest absolute Gasteiger partial charge is 0.410 e. The standard InChI is InChI=1S/C25H31NO2/c27-25(28-19-21-10-2-1-3-11-21)26(17-16-20-8-4-5-9-20)24-15-14-22-12-6-7-13-23(22)18-24/h1-3,6-7,10-13,20,24H,4-5,8-9,14-19H2. The van der Waals surface area contributed by atoms with Gasteiger partial charge in [0, 0.05) is 12.6 Å². The molecule has 0 radical (unpaired) electrons. The first-order valence-corrected chi connectivity index (χ1v) is 10.8. The lowest BCUT2D eigenvalue weighted by atomic mass is 9.87. The highest BCUT2D eigenvalue weighted by molar-refractivity contribution is 5.68. The number of aryl methyl sites for hydroxylation is 1. The Kier molecular flexibility index (Phi) is 6.31. The summed E-state index contributed by atoms with van der Waals surface area (Å²) in [6, 6.07) is 18.9. The van der Waals surface area contributed by atoms with Crippen LogP contribution in [0.3, 0.4) is 0 Å². The van der Waals surface area contributed by atoms with Crippen LogP contribution in [0.5, 0.6) is 0 Å². The van der Waals surface area contributed by atoms with Crippen molar-refractivity contribution in [1.29, 1.82) is 0 Å². The van der Waals surface area contributed by atoms with E-state index in [1.165, 1.54) is 36.8 Å². The van der Waals surface area contributed by atoms with Gasteiger partial charge in [-0.1, -0.05) is 80.3 Å². The lowest BCUT2D eigenvalue weighted by molar-refractivity contribution is 0.0745. The number of benzene rings is 2. The number of fused-ring (bicyclic) bond motifs is 1. The Hall–Kier alpha value is -2.29. The molecular formula is C25H31NO2. The molecule has 1 amide bonds. The van der Waals surface area contributed by atoms with Gasteiger partial charge in [-0.15, -0.1) is 0 Å². The zero-order valence-electron chi connectivity index (χ0n) is 16.7. The molecule has 0 heterocycles. The average Bonchev–Trinajstić information content (AvgIpc) is 3.27. The van der Waals surface area contributed by atoms with Crippen molar-refractivity contribution in [3.05, 3.63) is 71.3 Å². The van der Waals surface area contributed by atoms with Gasteiger partial charge >= 0.3 is 6.09 Å². The van der Waals surface area contributed by atoms with Crippen LogP contribution in [0.1, 0.15) is 55.2 Å². The van der Waals surface area contributed by atoms with E-state index in [1.807, 2.05) is 35.2 Å². The second kappa shape index (κ2) is 9.27. The SMILES string of the molecule is O=C(OCc1ccccc1)N(CCC1CCCC1)C1CCc2ccccc2C1. The number of carbonyl (C=O) groups is 1. The second-order valence-corrected chi connectivity index (χ2v) is 8.34. The van der Waals surface area contributed by atoms with E-state index in [0.717, 1.165) is 43.7 Å². The van der Waals surface area contributed by atoms with E-state index in [-0.39, 0.29) is 12.1 Å². The number of ether oxygens (including phenoxy) is 1. The quantitative estimate of drug-likeness (QED) is 0.640. The van der Waals surface area contributed by atoms with Crippen LogP contribution < -0.4 is 0 Å². The number of hydrogen-bond acceptors (Lipinski definition) is 2. The van der Waals surface area contributed by atoms with Crippen molar-refractivity contribution in [1.82, 2.24) is 4.90 Å². The topological polar surface area (TPSA) is 29.5 Å². The highest BCUT2D eigenvalue weighted by Gasteiger charge is 2.29. The van der Waals surface area contributed by atoms with Crippen molar-refractivity contribution < 1.29 is 9.53 Å². The Balaban J connectivity index is 1.42. The van der Waals surface area contributed by atoms with Crippen LogP contribution in [0.15, 0.2) is 54.6 Å². The van der Waals surface area contributed by atoms with E-state index in [2.05, 4.69) is 24.3 Å². The Bertz CT molecular complexity index is 767. The summed E-state index contributed by atoms with van der Waals surface area (Å²) in [4.78, 5) is 15.1. The lowest BCUT2D eigenvalue weighted by Crippen LogP contribution is -2.44. The molecule has 0 spiro atoms. The van der Waals surface area contributed by atoms with Crippen LogP contribution in [0.25, 0.3) is 0 Å². The molecule has 148 valence electrons. The molecule has 0 saturated heterocycles. The number of amides is 1. The van der Waals surface area contributed by atoms with Crippen LogP contribution >= 0.6 is 0 Å². The van der Waals surface area contributed by atoms with E-state index in [1.54, 1.807) is 0 Å². The zero-order chi connectivity index (χ0) is 19.2. The highest BCUT2D eigenvalue weighted by atomic mass is 16.6. The van der Waals surface area contributed by atoms with Gasteiger partial charge in [-0.25, -0.2) is 4.79 Å². The number of carbonyl (C=O) groups excluding carboxylic acids is 1. The molecule has 2 aliphatic carbocycles. The van der Waals surface area contributed by atoms with Gasteiger partial charge < -0.3 is 9.64 Å². The summed E-state index contributed by atoms with van der Waals surface area (Å²) in [6.07, 6.45) is 9.32. The molecule has 2 aliphatic rings. The van der Waals surface area contributed by atoms with E-state index in [4.69, 9.17) is 4.74 Å². The van der Waals surface area contributed by atoms with Gasteiger partial charge in [-0.3, -0.25) is 0 Å². The van der Waals surface area contributed by atoms with Crippen molar-refractivity contribution in [2.45, 2.75) is 64.0 Å². The first-order chi connectivity index (χ1) is 13.8. The molecule has 2 aromatic carbocycles. The molecule has 3 heteroatoms. The Morgan fingerprint density at radius 2 is 1.64 bits per heavy atom. The molecule has 3 nitrogen and oxygen atoms in total. The number of rotatable bonds is 6. The molecular weight excluding hydrogens is 346 g/mol. The van der Waals surface area contributed by atoms with Crippen LogP contribution in [0.4, 0.5) is 4.79 Å². The van der Waals surface area contributed by atoms with Gasteiger partial charge in [0.05, 0.1) is 0 Å². The highest BCUT2D eigenvalue weighted by Crippen LogP contribution is 2.30. The normalized spacial score (nSPS) is 19.2. The third kappa shape index (κ3) is 4.76. The molecule has 28 heavy (non-hydrogen) atoms. The minimum Gasteiger partial charge on any atom is -0.445 e. The Morgan fingerprint density at radius 3 is 2.43 bits per heavy atom. The predicted molar refractivity (Wildman–Crippen MR) is 112 cm³/mol. The zero-order valence-corrected chi connectivity index (χ0v) is 16.7. The lowest BCUT2D eigenvalue weighted by Gasteiger charge is -2.35. The molecule has 1 fully saturated rings. The van der Waals surface area contributed by atoms with E-state index < -0.39 is 0 Å². The molecule has 1 atom stereocenters. The van der Waals surface area contributed by atoms with Crippen LogP contribution in [0.2, 0.25) is 0 Å². The van der Waals surface area contributed by atoms with Crippen LogP contribution in [0, 0.1) is 5.92 Å². The summed E-state index contributed by atoms with van der Waals surface area (Å²) in [5, 5.41) is 0. The van der Waals surface area contributed by atoms with Gasteiger partial charge in [0.2, 0.25) is 0 Å². The van der Waals surface area contributed by atoms with Crippen LogP contribution in [-0.4, -0.2) is 23.6 Å². The summed E-state index contributed by atoms with van der Waals surface area (Å²) in [5.74, 6) is 0.778. The molecule has 0 N–H and O–H groups in total. The molecule has 1 unspecified atom stereocenters. The fourth-order valence-corrected chi connectivity index (χ4v) is 4.79. The third-order valence-corrected chi connectivity index (χ3v) is 6.45. The van der Waals surface area contributed by atoms with Crippen molar-refractivity contribution in [2.75, 3.05) is 6.54 Å². The average molecular weight is 378 g/mol. The first kappa shape index (κ1) is 19.0. The van der Waals surface area contributed by atoms with Crippen molar-refractivity contribution >= 4 is 6.09 Å². The number of nitrogens with zero attached hydrogens (tertiary/aromatic N) is 1. The van der Waals surface area contributed by atoms with E-state index >= 15 is 0 Å². The van der Waals surface area contributed by atoms with E-state index in [0.29, 0.717) is 6.61 Å². The third-order valence-electron chi connectivity index (χ3n) is 6.45. The Labute approximate surface area is 168 Å². The minimum absolute atomic E-state index is 0.147. The van der Waals surface area contributed by atoms with E-state index in [9.17, 15) is 4.79 Å². The monoisotopic (exact) mass is 377 g/mol. The molecule has 0 aliphatic heterocycles. The number of hydrogen-bond donors (Lipinski definition) is 0. The van der Waals surface area contributed by atoms with Gasteiger partial charge in [0.15, 0.2) is 0 Å². The second-order valence-electron chi connectivity index (χ2n) is 8.34. The summed E-state index contributed by atoms with van der Waals surface area (Å²) in [5.41, 5.74) is 3.87. The maximum absolute atomic E-state index is 13.0.